The lowest BCUT2D eigenvalue weighted by molar-refractivity contribution is -0.152. The first-order valence-corrected chi connectivity index (χ1v) is 11.2. The van der Waals surface area contributed by atoms with Crippen LogP contribution in [0.2, 0.25) is 0 Å². The molecule has 144 valence electrons. The standard InChI is InChI=1S/C21H28N4OS/c1-13-22-17(12-25-15-8-9-18(21(25)26)24(2)11-15)16-10-19(27-20(16)23-13)14-6-4-3-5-7-14/h10,14-15,18H,3-9,11-12H2,1-2H3. The second-order valence-corrected chi connectivity index (χ2v) is 9.63. The Bertz CT molecular complexity index is 872. The average molecular weight is 385 g/mol. The summed E-state index contributed by atoms with van der Waals surface area (Å²) in [5.41, 5.74) is 1.04. The number of aromatic nitrogens is 2. The van der Waals surface area contributed by atoms with Crippen molar-refractivity contribution in [3.8, 4) is 0 Å². The molecule has 3 aliphatic heterocycles. The Morgan fingerprint density at radius 3 is 2.70 bits per heavy atom. The second-order valence-electron chi connectivity index (χ2n) is 8.57. The van der Waals surface area contributed by atoms with E-state index in [1.165, 1.54) is 42.4 Å². The number of thiophene rings is 1. The Balaban J connectivity index is 1.47. The van der Waals surface area contributed by atoms with Gasteiger partial charge in [0, 0.05) is 22.8 Å². The molecule has 4 fully saturated rings. The van der Waals surface area contributed by atoms with Crippen LogP contribution in [0.3, 0.4) is 0 Å². The zero-order valence-corrected chi connectivity index (χ0v) is 17.1. The lowest BCUT2D eigenvalue weighted by Crippen LogP contribution is -2.64. The number of aryl methyl sites for hydroxylation is 1. The molecule has 6 heteroatoms. The van der Waals surface area contributed by atoms with Crippen molar-refractivity contribution < 1.29 is 4.79 Å². The third-order valence-corrected chi connectivity index (χ3v) is 7.93. The fraction of sp³-hybridized carbons (Fsp3) is 0.667. The van der Waals surface area contributed by atoms with E-state index < -0.39 is 0 Å². The van der Waals surface area contributed by atoms with E-state index in [0.29, 0.717) is 18.5 Å². The van der Waals surface area contributed by atoms with Crippen LogP contribution in [-0.2, 0) is 11.3 Å². The number of amides is 1. The van der Waals surface area contributed by atoms with Gasteiger partial charge >= 0.3 is 0 Å². The number of piperazine rings is 1. The molecular formula is C21H28N4OS. The minimum Gasteiger partial charge on any atom is -0.331 e. The molecule has 5 nitrogen and oxygen atoms in total. The maximum Gasteiger partial charge on any atom is 0.240 e. The number of nitrogens with zero attached hydrogens (tertiary/aromatic N) is 4. The van der Waals surface area contributed by atoms with Gasteiger partial charge in [0.05, 0.1) is 18.3 Å². The Morgan fingerprint density at radius 1 is 1.15 bits per heavy atom. The number of hydrogen-bond acceptors (Lipinski definition) is 5. The molecule has 4 aliphatic rings. The quantitative estimate of drug-likeness (QED) is 0.806. The first-order chi connectivity index (χ1) is 13.1. The van der Waals surface area contributed by atoms with Gasteiger partial charge in [-0.2, -0.15) is 0 Å². The van der Waals surface area contributed by atoms with Gasteiger partial charge in [0.2, 0.25) is 5.91 Å². The number of piperidine rings is 2. The molecule has 3 saturated heterocycles. The summed E-state index contributed by atoms with van der Waals surface area (Å²) in [5, 5.41) is 1.17. The van der Waals surface area contributed by atoms with Crippen molar-refractivity contribution in [3.63, 3.8) is 0 Å². The van der Waals surface area contributed by atoms with E-state index in [1.54, 1.807) is 0 Å². The highest BCUT2D eigenvalue weighted by Crippen LogP contribution is 2.39. The molecule has 2 atom stereocenters. The molecule has 0 spiro atoms. The molecule has 2 unspecified atom stereocenters. The SMILES string of the molecule is Cc1nc(CN2C(=O)C3CCC2CN3C)c2cc(C3CCCCC3)sc2n1. The average Bonchev–Trinajstić information content (AvgIpc) is 3.09. The largest absolute Gasteiger partial charge is 0.331 e. The van der Waals surface area contributed by atoms with Gasteiger partial charge < -0.3 is 4.90 Å². The minimum atomic E-state index is 0.0636. The topological polar surface area (TPSA) is 49.3 Å². The van der Waals surface area contributed by atoms with Gasteiger partial charge in [-0.3, -0.25) is 9.69 Å². The zero-order chi connectivity index (χ0) is 18.5. The van der Waals surface area contributed by atoms with Crippen LogP contribution in [0.25, 0.3) is 10.2 Å². The molecule has 0 N–H and O–H groups in total. The van der Waals surface area contributed by atoms with Crippen LogP contribution in [0.4, 0.5) is 0 Å². The predicted molar refractivity (Wildman–Crippen MR) is 108 cm³/mol. The number of rotatable bonds is 3. The van der Waals surface area contributed by atoms with Crippen molar-refractivity contribution in [2.45, 2.75) is 76.4 Å². The van der Waals surface area contributed by atoms with Gasteiger partial charge in [0.15, 0.2) is 0 Å². The molecule has 5 heterocycles. The van der Waals surface area contributed by atoms with Crippen molar-refractivity contribution in [1.82, 2.24) is 19.8 Å². The lowest BCUT2D eigenvalue weighted by Gasteiger charge is -2.49. The van der Waals surface area contributed by atoms with Crippen molar-refractivity contribution in [3.05, 3.63) is 22.5 Å². The maximum absolute atomic E-state index is 12.9. The highest BCUT2D eigenvalue weighted by atomic mass is 32.1. The van der Waals surface area contributed by atoms with E-state index >= 15 is 0 Å². The van der Waals surface area contributed by atoms with Crippen molar-refractivity contribution in [2.75, 3.05) is 13.6 Å². The maximum atomic E-state index is 12.9. The number of likely N-dealkylation sites (N-methyl/N-ethyl adjacent to an activating group) is 1. The summed E-state index contributed by atoms with van der Waals surface area (Å²) in [4.78, 5) is 29.3. The molecule has 1 amide bonds. The summed E-state index contributed by atoms with van der Waals surface area (Å²) >= 11 is 1.85. The monoisotopic (exact) mass is 384 g/mol. The molecule has 27 heavy (non-hydrogen) atoms. The van der Waals surface area contributed by atoms with Crippen LogP contribution in [0.15, 0.2) is 6.07 Å². The molecule has 2 aromatic heterocycles. The lowest BCUT2D eigenvalue weighted by atomic mass is 9.88. The number of fused-ring (bicyclic) bond motifs is 4. The predicted octanol–water partition coefficient (Wildman–Crippen LogP) is 3.85. The highest BCUT2D eigenvalue weighted by Gasteiger charge is 2.43. The summed E-state index contributed by atoms with van der Waals surface area (Å²) < 4.78 is 0. The third kappa shape index (κ3) is 3.07. The van der Waals surface area contributed by atoms with Crippen molar-refractivity contribution >= 4 is 27.5 Å². The van der Waals surface area contributed by atoms with Gasteiger partial charge in [-0.05, 0) is 51.6 Å². The van der Waals surface area contributed by atoms with Crippen LogP contribution in [0.5, 0.6) is 0 Å². The molecule has 0 aromatic carbocycles. The first kappa shape index (κ1) is 17.6. The van der Waals surface area contributed by atoms with E-state index in [2.05, 4.69) is 22.9 Å². The van der Waals surface area contributed by atoms with E-state index in [1.807, 2.05) is 18.3 Å². The normalized spacial score (nSPS) is 27.0. The van der Waals surface area contributed by atoms with Crippen molar-refractivity contribution in [1.29, 1.82) is 0 Å². The van der Waals surface area contributed by atoms with Crippen molar-refractivity contribution in [2.24, 2.45) is 0 Å². The van der Waals surface area contributed by atoms with Gasteiger partial charge in [0.25, 0.3) is 0 Å². The number of carbonyl (C=O) groups is 1. The zero-order valence-electron chi connectivity index (χ0n) is 16.3. The van der Waals surface area contributed by atoms with E-state index in [4.69, 9.17) is 9.97 Å². The summed E-state index contributed by atoms with van der Waals surface area (Å²) in [6.07, 6.45) is 8.78. The molecule has 2 bridgehead atoms. The number of hydrogen-bond donors (Lipinski definition) is 0. The fourth-order valence-corrected chi connectivity index (χ4v) is 6.52. The van der Waals surface area contributed by atoms with Gasteiger partial charge in [0.1, 0.15) is 10.7 Å². The first-order valence-electron chi connectivity index (χ1n) is 10.4. The van der Waals surface area contributed by atoms with E-state index in [-0.39, 0.29) is 11.9 Å². The Labute approximate surface area is 164 Å². The van der Waals surface area contributed by atoms with Gasteiger partial charge in [-0.1, -0.05) is 19.3 Å². The highest BCUT2D eigenvalue weighted by molar-refractivity contribution is 7.18. The molecule has 2 aromatic rings. The smallest absolute Gasteiger partial charge is 0.240 e. The Morgan fingerprint density at radius 2 is 1.96 bits per heavy atom. The Hall–Kier alpha value is -1.53. The molecule has 0 radical (unpaired) electrons. The van der Waals surface area contributed by atoms with E-state index in [0.717, 1.165) is 35.7 Å². The van der Waals surface area contributed by atoms with Gasteiger partial charge in [-0.25, -0.2) is 9.97 Å². The van der Waals surface area contributed by atoms with Crippen LogP contribution < -0.4 is 0 Å². The van der Waals surface area contributed by atoms with Crippen LogP contribution in [0, 0.1) is 6.92 Å². The van der Waals surface area contributed by atoms with Crippen LogP contribution in [-0.4, -0.2) is 51.4 Å². The molecule has 1 saturated carbocycles. The Kier molecular flexibility index (Phi) is 4.43. The van der Waals surface area contributed by atoms with E-state index in [9.17, 15) is 4.79 Å². The van der Waals surface area contributed by atoms with Gasteiger partial charge in [-0.15, -0.1) is 11.3 Å². The summed E-state index contributed by atoms with van der Waals surface area (Å²) in [5.74, 6) is 1.79. The third-order valence-electron chi connectivity index (χ3n) is 6.74. The number of carbonyl (C=O) groups excluding carboxylic acids is 1. The summed E-state index contributed by atoms with van der Waals surface area (Å²) in [7, 11) is 2.08. The summed E-state index contributed by atoms with van der Waals surface area (Å²) in [6, 6.07) is 2.73. The molecular weight excluding hydrogens is 356 g/mol. The van der Waals surface area contributed by atoms with Crippen LogP contribution in [0.1, 0.15) is 67.3 Å². The summed E-state index contributed by atoms with van der Waals surface area (Å²) in [6.45, 7) is 3.59. The van der Waals surface area contributed by atoms with Crippen LogP contribution >= 0.6 is 11.3 Å². The molecule has 6 rings (SSSR count). The molecule has 1 aliphatic carbocycles. The second kappa shape index (κ2) is 6.82. The minimum absolute atomic E-state index is 0.0636. The fourth-order valence-electron chi connectivity index (χ4n) is 5.25.